The van der Waals surface area contributed by atoms with E-state index < -0.39 is 0 Å². The summed E-state index contributed by atoms with van der Waals surface area (Å²) in [6.07, 6.45) is 14.9. The van der Waals surface area contributed by atoms with E-state index in [9.17, 15) is 0 Å². The first-order chi connectivity index (χ1) is 8.81. The number of nitrogens with two attached hydrogens (primary N) is 1. The van der Waals surface area contributed by atoms with Crippen molar-refractivity contribution in [2.24, 2.45) is 5.73 Å². The summed E-state index contributed by atoms with van der Waals surface area (Å²) >= 11 is 0. The van der Waals surface area contributed by atoms with Gasteiger partial charge in [0.1, 0.15) is 0 Å². The summed E-state index contributed by atoms with van der Waals surface area (Å²) in [5, 5.41) is 3.50. The molecule has 0 saturated heterocycles. The molecule has 0 heterocycles. The van der Waals surface area contributed by atoms with Crippen molar-refractivity contribution >= 4 is 0 Å². The number of rotatable bonds is 10. The third-order valence-electron chi connectivity index (χ3n) is 3.56. The quantitative estimate of drug-likeness (QED) is 0.574. The highest BCUT2D eigenvalue weighted by Crippen LogP contribution is 2.14. The second-order valence-electron chi connectivity index (χ2n) is 5.56. The Hall–Kier alpha value is -0.0800. The second-order valence-corrected chi connectivity index (χ2v) is 5.56. The van der Waals surface area contributed by atoms with Crippen molar-refractivity contribution in [2.45, 2.75) is 90.5 Å². The molecule has 1 saturated carbocycles. The number of hydrogen-bond donors (Lipinski definition) is 2. The van der Waals surface area contributed by atoms with Gasteiger partial charge in [-0.3, -0.25) is 0 Å². The average molecular weight is 256 g/mol. The average Bonchev–Trinajstić information content (AvgIpc) is 2.35. The van der Waals surface area contributed by atoms with E-state index in [2.05, 4.69) is 19.2 Å². The molecular weight excluding hydrogens is 220 g/mol. The van der Waals surface area contributed by atoms with Crippen molar-refractivity contribution in [2.75, 3.05) is 13.1 Å². The molecule has 0 aromatic carbocycles. The molecule has 0 aromatic rings. The SMILES string of the molecule is CCCCCCNCCCCCC.NC1CCC1. The van der Waals surface area contributed by atoms with Crippen LogP contribution < -0.4 is 11.1 Å². The zero-order valence-electron chi connectivity index (χ0n) is 12.8. The molecule has 1 aliphatic carbocycles. The van der Waals surface area contributed by atoms with Gasteiger partial charge < -0.3 is 11.1 Å². The van der Waals surface area contributed by atoms with Crippen molar-refractivity contribution in [3.05, 3.63) is 0 Å². The molecule has 0 bridgehead atoms. The van der Waals surface area contributed by atoms with Crippen LogP contribution in [-0.2, 0) is 0 Å². The van der Waals surface area contributed by atoms with Gasteiger partial charge in [-0.1, -0.05) is 58.8 Å². The Morgan fingerprint density at radius 1 is 0.833 bits per heavy atom. The highest BCUT2D eigenvalue weighted by molar-refractivity contribution is 4.70. The Balaban J connectivity index is 0.000000473. The monoisotopic (exact) mass is 256 g/mol. The lowest BCUT2D eigenvalue weighted by atomic mass is 9.95. The molecule has 1 rings (SSSR count). The molecule has 1 fully saturated rings. The minimum Gasteiger partial charge on any atom is -0.328 e. The van der Waals surface area contributed by atoms with Crippen LogP contribution in [0.15, 0.2) is 0 Å². The fourth-order valence-electron chi connectivity index (χ4n) is 1.92. The normalized spacial score (nSPS) is 14.8. The van der Waals surface area contributed by atoms with Gasteiger partial charge in [-0.15, -0.1) is 0 Å². The number of hydrogen-bond acceptors (Lipinski definition) is 2. The van der Waals surface area contributed by atoms with Gasteiger partial charge in [-0.05, 0) is 38.8 Å². The topological polar surface area (TPSA) is 38.0 Å². The van der Waals surface area contributed by atoms with Gasteiger partial charge in [-0.25, -0.2) is 0 Å². The smallest absolute Gasteiger partial charge is 0.00388 e. The molecule has 110 valence electrons. The summed E-state index contributed by atoms with van der Waals surface area (Å²) < 4.78 is 0. The van der Waals surface area contributed by atoms with E-state index in [1.54, 1.807) is 0 Å². The fraction of sp³-hybridized carbons (Fsp3) is 1.00. The van der Waals surface area contributed by atoms with Gasteiger partial charge in [0.25, 0.3) is 0 Å². The van der Waals surface area contributed by atoms with Gasteiger partial charge in [-0.2, -0.15) is 0 Å². The maximum Gasteiger partial charge on any atom is 0.00388 e. The van der Waals surface area contributed by atoms with Crippen LogP contribution in [0.1, 0.15) is 84.5 Å². The molecule has 18 heavy (non-hydrogen) atoms. The van der Waals surface area contributed by atoms with Crippen LogP contribution in [0.5, 0.6) is 0 Å². The predicted molar refractivity (Wildman–Crippen MR) is 83.0 cm³/mol. The van der Waals surface area contributed by atoms with E-state index >= 15 is 0 Å². The number of unbranched alkanes of at least 4 members (excludes halogenated alkanes) is 6. The second kappa shape index (κ2) is 15.0. The Bertz CT molecular complexity index is 134. The summed E-state index contributed by atoms with van der Waals surface area (Å²) in [5.41, 5.74) is 5.38. The third-order valence-corrected chi connectivity index (χ3v) is 3.56. The highest BCUT2D eigenvalue weighted by Gasteiger charge is 2.09. The maximum absolute atomic E-state index is 5.38. The molecule has 0 spiro atoms. The van der Waals surface area contributed by atoms with Crippen LogP contribution in [-0.4, -0.2) is 19.1 Å². The van der Waals surface area contributed by atoms with E-state index in [0.717, 1.165) is 0 Å². The lowest BCUT2D eigenvalue weighted by molar-refractivity contribution is 0.418. The predicted octanol–water partition coefficient (Wildman–Crippen LogP) is 4.23. The van der Waals surface area contributed by atoms with Crippen molar-refractivity contribution in [1.29, 1.82) is 0 Å². The van der Waals surface area contributed by atoms with Crippen molar-refractivity contribution in [1.82, 2.24) is 5.32 Å². The lowest BCUT2D eigenvalue weighted by Crippen LogP contribution is -2.27. The van der Waals surface area contributed by atoms with E-state index in [1.165, 1.54) is 83.7 Å². The first-order valence-corrected chi connectivity index (χ1v) is 8.27. The molecule has 0 radical (unpaired) electrons. The van der Waals surface area contributed by atoms with Gasteiger partial charge in [0.15, 0.2) is 0 Å². The Labute approximate surface area is 115 Å². The first-order valence-electron chi connectivity index (χ1n) is 8.27. The summed E-state index contributed by atoms with van der Waals surface area (Å²) in [7, 11) is 0. The lowest BCUT2D eigenvalue weighted by Gasteiger charge is -2.18. The van der Waals surface area contributed by atoms with Crippen LogP contribution in [0.2, 0.25) is 0 Å². The number of nitrogens with one attached hydrogen (secondary N) is 1. The molecule has 2 nitrogen and oxygen atoms in total. The van der Waals surface area contributed by atoms with Crippen LogP contribution in [0, 0.1) is 0 Å². The minimum atomic E-state index is 0.565. The summed E-state index contributed by atoms with van der Waals surface area (Å²) in [4.78, 5) is 0. The van der Waals surface area contributed by atoms with Gasteiger partial charge in [0, 0.05) is 6.04 Å². The molecule has 0 unspecified atom stereocenters. The fourth-order valence-corrected chi connectivity index (χ4v) is 1.92. The van der Waals surface area contributed by atoms with Gasteiger partial charge in [0.2, 0.25) is 0 Å². The summed E-state index contributed by atoms with van der Waals surface area (Å²) in [6.45, 7) is 6.98. The van der Waals surface area contributed by atoms with E-state index in [0.29, 0.717) is 6.04 Å². The zero-order valence-corrected chi connectivity index (χ0v) is 12.8. The molecule has 0 atom stereocenters. The molecule has 0 aliphatic heterocycles. The third kappa shape index (κ3) is 14.0. The molecular formula is C16H36N2. The van der Waals surface area contributed by atoms with E-state index in [-0.39, 0.29) is 0 Å². The molecule has 0 amide bonds. The van der Waals surface area contributed by atoms with E-state index in [1.807, 2.05) is 0 Å². The zero-order chi connectivity index (χ0) is 13.5. The van der Waals surface area contributed by atoms with Crippen LogP contribution in [0.3, 0.4) is 0 Å². The standard InChI is InChI=1S/C12H27N.C4H9N/c1-3-5-7-9-11-13-12-10-8-6-4-2;5-4-2-1-3-4/h13H,3-12H2,1-2H3;4H,1-3,5H2. The van der Waals surface area contributed by atoms with Crippen LogP contribution in [0.25, 0.3) is 0 Å². The van der Waals surface area contributed by atoms with Gasteiger partial charge in [0.05, 0.1) is 0 Å². The Morgan fingerprint density at radius 2 is 1.28 bits per heavy atom. The van der Waals surface area contributed by atoms with E-state index in [4.69, 9.17) is 5.73 Å². The Kier molecular flexibility index (Phi) is 14.9. The minimum absolute atomic E-state index is 0.565. The molecule has 2 heteroatoms. The maximum atomic E-state index is 5.38. The molecule has 1 aliphatic rings. The highest BCUT2D eigenvalue weighted by atomic mass is 14.8. The first kappa shape index (κ1) is 17.9. The van der Waals surface area contributed by atoms with Crippen molar-refractivity contribution in [3.63, 3.8) is 0 Å². The summed E-state index contributed by atoms with van der Waals surface area (Å²) in [5.74, 6) is 0. The van der Waals surface area contributed by atoms with Crippen LogP contribution >= 0.6 is 0 Å². The molecule has 3 N–H and O–H groups in total. The Morgan fingerprint density at radius 3 is 1.56 bits per heavy atom. The largest absolute Gasteiger partial charge is 0.328 e. The van der Waals surface area contributed by atoms with Crippen molar-refractivity contribution in [3.8, 4) is 0 Å². The van der Waals surface area contributed by atoms with Crippen molar-refractivity contribution < 1.29 is 0 Å². The molecule has 0 aromatic heterocycles. The van der Waals surface area contributed by atoms with Gasteiger partial charge >= 0.3 is 0 Å². The van der Waals surface area contributed by atoms with Crippen LogP contribution in [0.4, 0.5) is 0 Å². The summed E-state index contributed by atoms with van der Waals surface area (Å²) in [6, 6.07) is 0.565.